The molecule has 2 heterocycles. The molecule has 1 aliphatic rings. The molecule has 2 rings (SSSR count). The SMILES string of the molecule is Cc1nn(C)c(CN2CCCNC(C)C2=O)c1Cl. The van der Waals surface area contributed by atoms with Crippen LogP contribution in [0.25, 0.3) is 0 Å². The number of halogens is 1. The van der Waals surface area contributed by atoms with E-state index >= 15 is 0 Å². The third-order valence-electron chi connectivity index (χ3n) is 3.34. The van der Waals surface area contributed by atoms with Gasteiger partial charge in [-0.1, -0.05) is 11.6 Å². The standard InChI is InChI=1S/C12H19ClN4O/c1-8-11(13)10(16(3)15-8)7-17-6-4-5-14-9(2)12(17)18/h9,14H,4-7H2,1-3H3. The molecule has 0 spiro atoms. The maximum absolute atomic E-state index is 12.2. The lowest BCUT2D eigenvalue weighted by molar-refractivity contribution is -0.132. The minimum Gasteiger partial charge on any atom is -0.335 e. The number of nitrogens with zero attached hydrogens (tertiary/aromatic N) is 3. The average molecular weight is 271 g/mol. The Bertz CT molecular complexity index is 457. The Morgan fingerprint density at radius 3 is 2.89 bits per heavy atom. The molecular formula is C12H19ClN4O. The largest absolute Gasteiger partial charge is 0.335 e. The van der Waals surface area contributed by atoms with E-state index in [1.807, 2.05) is 25.8 Å². The number of amides is 1. The fourth-order valence-electron chi connectivity index (χ4n) is 2.25. The fourth-order valence-corrected chi connectivity index (χ4v) is 2.47. The number of hydrogen-bond acceptors (Lipinski definition) is 3. The predicted octanol–water partition coefficient (Wildman–Crippen LogP) is 1.09. The van der Waals surface area contributed by atoms with Crippen LogP contribution in [0.3, 0.4) is 0 Å². The maximum atomic E-state index is 12.2. The molecule has 1 unspecified atom stereocenters. The Morgan fingerprint density at radius 2 is 2.28 bits per heavy atom. The summed E-state index contributed by atoms with van der Waals surface area (Å²) >= 11 is 6.22. The summed E-state index contributed by atoms with van der Waals surface area (Å²) in [6, 6.07) is -0.124. The second kappa shape index (κ2) is 5.28. The molecule has 1 aliphatic heterocycles. The van der Waals surface area contributed by atoms with E-state index in [1.54, 1.807) is 4.68 Å². The molecule has 1 atom stereocenters. The third kappa shape index (κ3) is 2.52. The van der Waals surface area contributed by atoms with Crippen LogP contribution in [-0.4, -0.2) is 39.7 Å². The van der Waals surface area contributed by atoms with Crippen molar-refractivity contribution in [3.8, 4) is 0 Å². The zero-order valence-corrected chi connectivity index (χ0v) is 11.8. The van der Waals surface area contributed by atoms with Crippen molar-refractivity contribution in [2.75, 3.05) is 13.1 Å². The monoisotopic (exact) mass is 270 g/mol. The Balaban J connectivity index is 2.19. The van der Waals surface area contributed by atoms with E-state index in [4.69, 9.17) is 11.6 Å². The summed E-state index contributed by atoms with van der Waals surface area (Å²) < 4.78 is 1.76. The van der Waals surface area contributed by atoms with E-state index in [0.29, 0.717) is 11.6 Å². The average Bonchev–Trinajstić information content (AvgIpc) is 2.49. The summed E-state index contributed by atoms with van der Waals surface area (Å²) in [6.07, 6.45) is 0.963. The lowest BCUT2D eigenvalue weighted by Crippen LogP contribution is -2.41. The number of carbonyl (C=O) groups is 1. The van der Waals surface area contributed by atoms with Gasteiger partial charge < -0.3 is 10.2 Å². The van der Waals surface area contributed by atoms with Crippen LogP contribution in [0.4, 0.5) is 0 Å². The number of aryl methyl sites for hydroxylation is 2. The Morgan fingerprint density at radius 1 is 1.56 bits per heavy atom. The number of rotatable bonds is 2. The number of aromatic nitrogens is 2. The molecular weight excluding hydrogens is 252 g/mol. The van der Waals surface area contributed by atoms with Gasteiger partial charge in [0.25, 0.3) is 0 Å². The summed E-state index contributed by atoms with van der Waals surface area (Å²) in [6.45, 7) is 5.94. The molecule has 100 valence electrons. The van der Waals surface area contributed by atoms with E-state index in [-0.39, 0.29) is 11.9 Å². The quantitative estimate of drug-likeness (QED) is 0.875. The summed E-state index contributed by atoms with van der Waals surface area (Å²) in [5.41, 5.74) is 1.71. The zero-order chi connectivity index (χ0) is 13.3. The van der Waals surface area contributed by atoms with Crippen LogP contribution in [-0.2, 0) is 18.4 Å². The van der Waals surface area contributed by atoms with Crippen molar-refractivity contribution >= 4 is 17.5 Å². The van der Waals surface area contributed by atoms with E-state index in [0.717, 1.165) is 30.9 Å². The van der Waals surface area contributed by atoms with Gasteiger partial charge >= 0.3 is 0 Å². The van der Waals surface area contributed by atoms with Crippen LogP contribution >= 0.6 is 11.6 Å². The third-order valence-corrected chi connectivity index (χ3v) is 3.83. The lowest BCUT2D eigenvalue weighted by Gasteiger charge is -2.22. The minimum absolute atomic E-state index is 0.124. The van der Waals surface area contributed by atoms with Gasteiger partial charge in [0.2, 0.25) is 5.91 Å². The molecule has 0 saturated carbocycles. The van der Waals surface area contributed by atoms with Crippen LogP contribution in [0.15, 0.2) is 0 Å². The number of nitrogens with one attached hydrogen (secondary N) is 1. The van der Waals surface area contributed by atoms with E-state index < -0.39 is 0 Å². The van der Waals surface area contributed by atoms with Crippen molar-refractivity contribution in [1.29, 1.82) is 0 Å². The highest BCUT2D eigenvalue weighted by molar-refractivity contribution is 6.31. The summed E-state index contributed by atoms with van der Waals surface area (Å²) in [4.78, 5) is 14.0. The highest BCUT2D eigenvalue weighted by Gasteiger charge is 2.25. The van der Waals surface area contributed by atoms with Gasteiger partial charge in [0.1, 0.15) is 0 Å². The van der Waals surface area contributed by atoms with Gasteiger partial charge in [-0.15, -0.1) is 0 Å². The first-order chi connectivity index (χ1) is 8.50. The first-order valence-corrected chi connectivity index (χ1v) is 6.58. The second-order valence-electron chi connectivity index (χ2n) is 4.76. The van der Waals surface area contributed by atoms with Crippen molar-refractivity contribution in [2.45, 2.75) is 32.9 Å². The first-order valence-electron chi connectivity index (χ1n) is 6.21. The van der Waals surface area contributed by atoms with Crippen LogP contribution in [0.1, 0.15) is 24.7 Å². The molecule has 1 saturated heterocycles. The van der Waals surface area contributed by atoms with Crippen LogP contribution in [0, 0.1) is 6.92 Å². The summed E-state index contributed by atoms with van der Waals surface area (Å²) in [7, 11) is 1.86. The highest BCUT2D eigenvalue weighted by Crippen LogP contribution is 2.21. The molecule has 0 aliphatic carbocycles. The first kappa shape index (κ1) is 13.4. The van der Waals surface area contributed by atoms with Crippen molar-refractivity contribution < 1.29 is 4.79 Å². The molecule has 1 aromatic rings. The summed E-state index contributed by atoms with van der Waals surface area (Å²) in [5, 5.41) is 8.13. The van der Waals surface area contributed by atoms with Crippen molar-refractivity contribution in [1.82, 2.24) is 20.0 Å². The van der Waals surface area contributed by atoms with Crippen LogP contribution in [0.2, 0.25) is 5.02 Å². The molecule has 0 aromatic carbocycles. The van der Waals surface area contributed by atoms with Crippen molar-refractivity contribution in [2.24, 2.45) is 7.05 Å². The van der Waals surface area contributed by atoms with Gasteiger partial charge in [0, 0.05) is 13.6 Å². The van der Waals surface area contributed by atoms with Gasteiger partial charge in [0.05, 0.1) is 29.0 Å². The van der Waals surface area contributed by atoms with Gasteiger partial charge in [-0.25, -0.2) is 0 Å². The minimum atomic E-state index is -0.124. The molecule has 1 fully saturated rings. The second-order valence-corrected chi connectivity index (χ2v) is 5.14. The van der Waals surface area contributed by atoms with Crippen molar-refractivity contribution in [3.05, 3.63) is 16.4 Å². The zero-order valence-electron chi connectivity index (χ0n) is 11.0. The molecule has 6 heteroatoms. The van der Waals surface area contributed by atoms with Gasteiger partial charge in [-0.2, -0.15) is 5.10 Å². The smallest absolute Gasteiger partial charge is 0.239 e. The molecule has 1 aromatic heterocycles. The van der Waals surface area contributed by atoms with E-state index in [2.05, 4.69) is 10.4 Å². The Labute approximate surface area is 112 Å². The molecule has 1 amide bonds. The van der Waals surface area contributed by atoms with Crippen molar-refractivity contribution in [3.63, 3.8) is 0 Å². The number of hydrogen-bond donors (Lipinski definition) is 1. The maximum Gasteiger partial charge on any atom is 0.239 e. The lowest BCUT2D eigenvalue weighted by atomic mass is 10.2. The molecule has 18 heavy (non-hydrogen) atoms. The Kier molecular flexibility index (Phi) is 3.92. The molecule has 5 nitrogen and oxygen atoms in total. The van der Waals surface area contributed by atoms with Gasteiger partial charge in [-0.3, -0.25) is 9.48 Å². The van der Waals surface area contributed by atoms with Gasteiger partial charge in [0.15, 0.2) is 0 Å². The molecule has 1 N–H and O–H groups in total. The predicted molar refractivity (Wildman–Crippen MR) is 70.5 cm³/mol. The fraction of sp³-hybridized carbons (Fsp3) is 0.667. The molecule has 0 radical (unpaired) electrons. The normalized spacial score (nSPS) is 21.2. The van der Waals surface area contributed by atoms with Gasteiger partial charge in [-0.05, 0) is 26.8 Å². The number of carbonyl (C=O) groups excluding carboxylic acids is 1. The summed E-state index contributed by atoms with van der Waals surface area (Å²) in [5.74, 6) is 0.127. The Hall–Kier alpha value is -1.07. The van der Waals surface area contributed by atoms with E-state index in [1.165, 1.54) is 0 Å². The molecule has 0 bridgehead atoms. The topological polar surface area (TPSA) is 50.2 Å². The van der Waals surface area contributed by atoms with E-state index in [9.17, 15) is 4.79 Å². The highest BCUT2D eigenvalue weighted by atomic mass is 35.5. The van der Waals surface area contributed by atoms with Crippen LogP contribution in [0.5, 0.6) is 0 Å². The van der Waals surface area contributed by atoms with Crippen LogP contribution < -0.4 is 5.32 Å².